The van der Waals surface area contributed by atoms with Gasteiger partial charge in [0, 0.05) is 36.0 Å². The maximum Gasteiger partial charge on any atom is 0.220 e. The predicted octanol–water partition coefficient (Wildman–Crippen LogP) is 3.10. The van der Waals surface area contributed by atoms with Crippen LogP contribution in [0, 0.1) is 0 Å². The first kappa shape index (κ1) is 16.2. The molecule has 0 aliphatic carbocycles. The molecule has 5 heteroatoms. The number of carbonyl (C=O) groups is 2. The summed E-state index contributed by atoms with van der Waals surface area (Å²) in [6.07, 6.45) is 3.61. The Bertz CT molecular complexity index is 481. The van der Waals surface area contributed by atoms with Gasteiger partial charge < -0.3 is 10.1 Å². The molecule has 0 saturated carbocycles. The van der Waals surface area contributed by atoms with Crippen molar-refractivity contribution in [2.75, 3.05) is 13.2 Å². The Morgan fingerprint density at radius 1 is 1.24 bits per heavy atom. The lowest BCUT2D eigenvalue weighted by Gasteiger charge is -2.10. The third kappa shape index (κ3) is 5.59. The molecular formula is C16H20BrNO3. The van der Waals surface area contributed by atoms with Gasteiger partial charge in [0.2, 0.25) is 5.91 Å². The van der Waals surface area contributed by atoms with Crippen molar-refractivity contribution in [1.82, 2.24) is 5.32 Å². The standard InChI is InChI=1S/C16H20BrNO3/c17-13-8-6-12(7-9-13)15(19)4-1-5-16(20)18-11-14-3-2-10-21-14/h6-9,14H,1-5,10-11H2,(H,18,20). The van der Waals surface area contributed by atoms with Gasteiger partial charge in [0.25, 0.3) is 0 Å². The second kappa shape index (κ2) is 8.29. The van der Waals surface area contributed by atoms with E-state index in [2.05, 4.69) is 21.2 Å². The van der Waals surface area contributed by atoms with E-state index >= 15 is 0 Å². The quantitative estimate of drug-likeness (QED) is 0.766. The van der Waals surface area contributed by atoms with Crippen LogP contribution < -0.4 is 5.32 Å². The molecule has 1 N–H and O–H groups in total. The number of hydrogen-bond donors (Lipinski definition) is 1. The Balaban J connectivity index is 1.62. The minimum Gasteiger partial charge on any atom is -0.376 e. The van der Waals surface area contributed by atoms with Gasteiger partial charge in [-0.3, -0.25) is 9.59 Å². The number of ether oxygens (including phenoxy) is 1. The topological polar surface area (TPSA) is 55.4 Å². The molecular weight excluding hydrogens is 334 g/mol. The van der Waals surface area contributed by atoms with Crippen molar-refractivity contribution in [3.8, 4) is 0 Å². The van der Waals surface area contributed by atoms with Crippen LogP contribution in [0.5, 0.6) is 0 Å². The molecule has 1 heterocycles. The molecule has 1 aliphatic heterocycles. The minimum atomic E-state index is -0.00546. The summed E-state index contributed by atoms with van der Waals surface area (Å²) in [5.74, 6) is 0.0727. The number of halogens is 1. The summed E-state index contributed by atoms with van der Waals surface area (Å²) in [5.41, 5.74) is 0.693. The average Bonchev–Trinajstić information content (AvgIpc) is 2.99. The second-order valence-corrected chi connectivity index (χ2v) is 6.14. The summed E-state index contributed by atoms with van der Waals surface area (Å²) in [7, 11) is 0. The second-order valence-electron chi connectivity index (χ2n) is 5.22. The first-order valence-electron chi connectivity index (χ1n) is 7.32. The van der Waals surface area contributed by atoms with Crippen LogP contribution in [0.15, 0.2) is 28.7 Å². The highest BCUT2D eigenvalue weighted by Crippen LogP contribution is 2.13. The minimum absolute atomic E-state index is 0.00546. The highest BCUT2D eigenvalue weighted by molar-refractivity contribution is 9.10. The lowest BCUT2D eigenvalue weighted by Crippen LogP contribution is -2.31. The summed E-state index contributed by atoms with van der Waals surface area (Å²) in [6.45, 7) is 1.38. The number of ketones is 1. The average molecular weight is 354 g/mol. The molecule has 1 unspecified atom stereocenters. The lowest BCUT2D eigenvalue weighted by atomic mass is 10.1. The highest BCUT2D eigenvalue weighted by atomic mass is 79.9. The molecule has 114 valence electrons. The van der Waals surface area contributed by atoms with Gasteiger partial charge in [0.1, 0.15) is 0 Å². The van der Waals surface area contributed by atoms with Gasteiger partial charge in [-0.1, -0.05) is 28.1 Å². The summed E-state index contributed by atoms with van der Waals surface area (Å²) < 4.78 is 6.39. The molecule has 1 aromatic carbocycles. The summed E-state index contributed by atoms with van der Waals surface area (Å²) in [6, 6.07) is 7.29. The molecule has 21 heavy (non-hydrogen) atoms. The van der Waals surface area contributed by atoms with Crippen molar-refractivity contribution < 1.29 is 14.3 Å². The van der Waals surface area contributed by atoms with Crippen LogP contribution in [0.1, 0.15) is 42.5 Å². The molecule has 0 bridgehead atoms. The molecule has 2 rings (SSSR count). The Kier molecular flexibility index (Phi) is 6.39. The van der Waals surface area contributed by atoms with Gasteiger partial charge in [-0.2, -0.15) is 0 Å². The molecule has 0 aromatic heterocycles. The van der Waals surface area contributed by atoms with Crippen molar-refractivity contribution in [3.63, 3.8) is 0 Å². The van der Waals surface area contributed by atoms with E-state index in [9.17, 15) is 9.59 Å². The zero-order chi connectivity index (χ0) is 15.1. The van der Waals surface area contributed by atoms with E-state index in [0.717, 1.165) is 23.9 Å². The maximum absolute atomic E-state index is 11.9. The summed E-state index contributed by atoms with van der Waals surface area (Å²) in [4.78, 5) is 23.6. The maximum atomic E-state index is 11.9. The molecule has 1 atom stereocenters. The van der Waals surface area contributed by atoms with E-state index in [1.54, 1.807) is 12.1 Å². The van der Waals surface area contributed by atoms with Crippen LogP contribution >= 0.6 is 15.9 Å². The Hall–Kier alpha value is -1.20. The molecule has 1 amide bonds. The van der Waals surface area contributed by atoms with Crippen molar-refractivity contribution in [2.45, 2.75) is 38.2 Å². The fraction of sp³-hybridized carbons (Fsp3) is 0.500. The largest absolute Gasteiger partial charge is 0.376 e. The highest BCUT2D eigenvalue weighted by Gasteiger charge is 2.16. The van der Waals surface area contributed by atoms with Gasteiger partial charge >= 0.3 is 0 Å². The van der Waals surface area contributed by atoms with E-state index in [-0.39, 0.29) is 17.8 Å². The zero-order valence-corrected chi connectivity index (χ0v) is 13.5. The number of nitrogens with one attached hydrogen (secondary N) is 1. The molecule has 1 aliphatic rings. The van der Waals surface area contributed by atoms with Crippen LogP contribution in [0.25, 0.3) is 0 Å². The normalized spacial score (nSPS) is 17.7. The first-order valence-corrected chi connectivity index (χ1v) is 8.11. The van der Waals surface area contributed by atoms with Crippen molar-refractivity contribution >= 4 is 27.6 Å². The number of hydrogen-bond acceptors (Lipinski definition) is 3. The van der Waals surface area contributed by atoms with E-state index in [0.29, 0.717) is 31.4 Å². The smallest absolute Gasteiger partial charge is 0.220 e. The van der Waals surface area contributed by atoms with Crippen LogP contribution in [-0.4, -0.2) is 30.9 Å². The Morgan fingerprint density at radius 3 is 2.67 bits per heavy atom. The van der Waals surface area contributed by atoms with Crippen molar-refractivity contribution in [3.05, 3.63) is 34.3 Å². The van der Waals surface area contributed by atoms with E-state index < -0.39 is 0 Å². The molecule has 0 radical (unpaired) electrons. The molecule has 0 spiro atoms. The SMILES string of the molecule is O=C(CCCC(=O)c1ccc(Br)cc1)NCC1CCCO1. The summed E-state index contributed by atoms with van der Waals surface area (Å²) >= 11 is 3.34. The van der Waals surface area contributed by atoms with Crippen LogP contribution in [0.4, 0.5) is 0 Å². The zero-order valence-electron chi connectivity index (χ0n) is 11.9. The van der Waals surface area contributed by atoms with Gasteiger partial charge in [-0.05, 0) is 31.4 Å². The van der Waals surface area contributed by atoms with Crippen LogP contribution in [-0.2, 0) is 9.53 Å². The van der Waals surface area contributed by atoms with Crippen LogP contribution in [0.2, 0.25) is 0 Å². The van der Waals surface area contributed by atoms with E-state index in [4.69, 9.17) is 4.74 Å². The molecule has 1 saturated heterocycles. The molecule has 4 nitrogen and oxygen atoms in total. The van der Waals surface area contributed by atoms with Crippen molar-refractivity contribution in [2.24, 2.45) is 0 Å². The lowest BCUT2D eigenvalue weighted by molar-refractivity contribution is -0.121. The first-order chi connectivity index (χ1) is 10.1. The fourth-order valence-electron chi connectivity index (χ4n) is 2.31. The van der Waals surface area contributed by atoms with E-state index in [1.807, 2.05) is 12.1 Å². The molecule has 1 fully saturated rings. The van der Waals surface area contributed by atoms with Crippen molar-refractivity contribution in [1.29, 1.82) is 0 Å². The monoisotopic (exact) mass is 353 g/mol. The number of Topliss-reactive ketones (excluding diaryl/α,β-unsaturated/α-hetero) is 1. The van der Waals surface area contributed by atoms with Crippen LogP contribution in [0.3, 0.4) is 0 Å². The predicted molar refractivity (Wildman–Crippen MR) is 84.3 cm³/mol. The van der Waals surface area contributed by atoms with Gasteiger partial charge in [0.15, 0.2) is 5.78 Å². The van der Waals surface area contributed by atoms with Gasteiger partial charge in [-0.25, -0.2) is 0 Å². The Labute approximate surface area is 133 Å². The third-order valence-corrected chi connectivity index (χ3v) is 4.05. The Morgan fingerprint density at radius 2 is 2.00 bits per heavy atom. The summed E-state index contributed by atoms with van der Waals surface area (Å²) in [5, 5.41) is 2.86. The molecule has 1 aromatic rings. The third-order valence-electron chi connectivity index (χ3n) is 3.52. The number of carbonyl (C=O) groups excluding carboxylic acids is 2. The van der Waals surface area contributed by atoms with Gasteiger partial charge in [0.05, 0.1) is 6.10 Å². The van der Waals surface area contributed by atoms with E-state index in [1.165, 1.54) is 0 Å². The number of amides is 1. The number of benzene rings is 1. The fourth-order valence-corrected chi connectivity index (χ4v) is 2.58. The van der Waals surface area contributed by atoms with Gasteiger partial charge in [-0.15, -0.1) is 0 Å². The number of rotatable bonds is 7.